The van der Waals surface area contributed by atoms with Crippen molar-refractivity contribution < 1.29 is 14.3 Å². The van der Waals surface area contributed by atoms with Crippen LogP contribution < -0.4 is 15.5 Å². The van der Waals surface area contributed by atoms with Crippen LogP contribution in [0.5, 0.6) is 0 Å². The number of anilines is 2. The minimum absolute atomic E-state index is 0.174. The van der Waals surface area contributed by atoms with Gasteiger partial charge in [-0.25, -0.2) is 9.18 Å². The number of aliphatic hydroxyl groups is 1. The Morgan fingerprint density at radius 2 is 2.00 bits per heavy atom. The van der Waals surface area contributed by atoms with E-state index in [1.165, 1.54) is 12.1 Å². The molecule has 0 spiro atoms. The van der Waals surface area contributed by atoms with E-state index >= 15 is 0 Å². The van der Waals surface area contributed by atoms with Gasteiger partial charge in [-0.05, 0) is 50.3 Å². The number of amides is 2. The van der Waals surface area contributed by atoms with Crippen LogP contribution in [0.4, 0.5) is 20.6 Å². The second-order valence-electron chi connectivity index (χ2n) is 6.42. The first-order valence-electron chi connectivity index (χ1n) is 8.22. The number of carbonyl (C=O) groups excluding carboxylic acids is 1. The van der Waals surface area contributed by atoms with Crippen molar-refractivity contribution in [3.8, 4) is 0 Å². The Morgan fingerprint density at radius 3 is 2.65 bits per heavy atom. The monoisotopic (exact) mass is 323 g/mol. The number of carbonyl (C=O) groups is 1. The second-order valence-corrected chi connectivity index (χ2v) is 6.42. The zero-order chi connectivity index (χ0) is 16.8. The third-order valence-corrected chi connectivity index (χ3v) is 3.97. The lowest BCUT2D eigenvalue weighted by Gasteiger charge is -2.19. The zero-order valence-electron chi connectivity index (χ0n) is 13.8. The van der Waals surface area contributed by atoms with Gasteiger partial charge in [0.1, 0.15) is 5.82 Å². The molecule has 0 radical (unpaired) electrons. The maximum Gasteiger partial charge on any atom is 0.319 e. The maximum absolute atomic E-state index is 13.8. The standard InChI is InChI=1S/C17H26FN3O2/c1-12(7-13(2)22)11-19-17(23)20-15-8-14(18)9-16(10-15)21-5-3-4-6-21/h8-10,12-13,22H,3-7,11H2,1-2H3,(H2,19,20,23)/t12-,13-/m0/s1. The quantitative estimate of drug-likeness (QED) is 0.754. The van der Waals surface area contributed by atoms with Crippen molar-refractivity contribution in [2.24, 2.45) is 5.92 Å². The van der Waals surface area contributed by atoms with Gasteiger partial charge in [0.15, 0.2) is 0 Å². The Labute approximate surface area is 136 Å². The zero-order valence-corrected chi connectivity index (χ0v) is 13.8. The third kappa shape index (κ3) is 5.71. The van der Waals surface area contributed by atoms with Gasteiger partial charge in [0.05, 0.1) is 6.10 Å². The largest absolute Gasteiger partial charge is 0.393 e. The van der Waals surface area contributed by atoms with Gasteiger partial charge >= 0.3 is 6.03 Å². The summed E-state index contributed by atoms with van der Waals surface area (Å²) < 4.78 is 13.8. The number of rotatable bonds is 6. The molecule has 1 aromatic carbocycles. The first-order valence-corrected chi connectivity index (χ1v) is 8.22. The van der Waals surface area contributed by atoms with E-state index in [4.69, 9.17) is 0 Å². The molecule has 128 valence electrons. The normalized spacial score (nSPS) is 17.0. The van der Waals surface area contributed by atoms with Crippen LogP contribution in [-0.4, -0.2) is 36.9 Å². The molecule has 6 heteroatoms. The van der Waals surface area contributed by atoms with Gasteiger partial charge < -0.3 is 20.6 Å². The lowest BCUT2D eigenvalue weighted by atomic mass is 10.1. The summed E-state index contributed by atoms with van der Waals surface area (Å²) in [5, 5.41) is 14.7. The van der Waals surface area contributed by atoms with E-state index in [-0.39, 0.29) is 23.9 Å². The molecule has 1 heterocycles. The van der Waals surface area contributed by atoms with E-state index in [1.807, 2.05) is 6.92 Å². The van der Waals surface area contributed by atoms with Crippen LogP contribution in [0.25, 0.3) is 0 Å². The highest BCUT2D eigenvalue weighted by Crippen LogP contribution is 2.25. The number of nitrogens with zero attached hydrogens (tertiary/aromatic N) is 1. The van der Waals surface area contributed by atoms with Gasteiger partial charge in [-0.1, -0.05) is 6.92 Å². The Kier molecular flexibility index (Phi) is 6.21. The van der Waals surface area contributed by atoms with E-state index in [0.717, 1.165) is 31.6 Å². The van der Waals surface area contributed by atoms with Gasteiger partial charge in [0, 0.05) is 31.0 Å². The summed E-state index contributed by atoms with van der Waals surface area (Å²) in [5.74, 6) is -0.180. The Bertz CT molecular complexity index is 531. The van der Waals surface area contributed by atoms with Gasteiger partial charge in [-0.2, -0.15) is 0 Å². The van der Waals surface area contributed by atoms with Gasteiger partial charge in [-0.3, -0.25) is 0 Å². The van der Waals surface area contributed by atoms with Crippen LogP contribution in [0.3, 0.4) is 0 Å². The molecule has 1 fully saturated rings. The van der Waals surface area contributed by atoms with Crippen LogP contribution in [0.2, 0.25) is 0 Å². The van der Waals surface area contributed by atoms with Crippen molar-refractivity contribution in [3.63, 3.8) is 0 Å². The molecule has 1 aromatic rings. The van der Waals surface area contributed by atoms with Crippen LogP contribution in [0, 0.1) is 11.7 Å². The fourth-order valence-electron chi connectivity index (χ4n) is 2.91. The molecule has 5 nitrogen and oxygen atoms in total. The topological polar surface area (TPSA) is 64.6 Å². The number of halogens is 1. The lowest BCUT2D eigenvalue weighted by Crippen LogP contribution is -2.33. The molecule has 0 saturated carbocycles. The Hall–Kier alpha value is -1.82. The first kappa shape index (κ1) is 17.5. The van der Waals surface area contributed by atoms with Crippen LogP contribution in [0.15, 0.2) is 18.2 Å². The summed E-state index contributed by atoms with van der Waals surface area (Å²) in [5.41, 5.74) is 1.26. The van der Waals surface area contributed by atoms with Crippen LogP contribution >= 0.6 is 0 Å². The van der Waals surface area contributed by atoms with Gasteiger partial charge in [-0.15, -0.1) is 0 Å². The van der Waals surface area contributed by atoms with Crippen molar-refractivity contribution in [1.82, 2.24) is 5.32 Å². The first-order chi connectivity index (χ1) is 10.9. The summed E-state index contributed by atoms with van der Waals surface area (Å²) in [7, 11) is 0. The van der Waals surface area contributed by atoms with Gasteiger partial charge in [0.2, 0.25) is 0 Å². The molecule has 2 atom stereocenters. The summed E-state index contributed by atoms with van der Waals surface area (Å²) in [4.78, 5) is 14.0. The molecule has 3 N–H and O–H groups in total. The number of nitrogens with one attached hydrogen (secondary N) is 2. The summed E-state index contributed by atoms with van der Waals surface area (Å²) in [6, 6.07) is 4.26. The number of hydrogen-bond acceptors (Lipinski definition) is 3. The number of urea groups is 1. The van der Waals surface area contributed by atoms with Crippen LogP contribution in [-0.2, 0) is 0 Å². The average molecular weight is 323 g/mol. The number of aliphatic hydroxyl groups excluding tert-OH is 1. The minimum Gasteiger partial charge on any atom is -0.393 e. The Balaban J connectivity index is 1.90. The summed E-state index contributed by atoms with van der Waals surface area (Å²) in [6.07, 6.45) is 2.46. The fourth-order valence-corrected chi connectivity index (χ4v) is 2.91. The van der Waals surface area contributed by atoms with Crippen molar-refractivity contribution in [2.45, 2.75) is 39.2 Å². The molecule has 0 unspecified atom stereocenters. The maximum atomic E-state index is 13.8. The molecule has 0 bridgehead atoms. The number of benzene rings is 1. The number of hydrogen-bond donors (Lipinski definition) is 3. The highest BCUT2D eigenvalue weighted by atomic mass is 19.1. The molecular weight excluding hydrogens is 297 g/mol. The molecule has 1 aliphatic heterocycles. The SMILES string of the molecule is C[C@H](CNC(=O)Nc1cc(F)cc(N2CCCC2)c1)C[C@H](C)O. The van der Waals surface area contributed by atoms with Gasteiger partial charge in [0.25, 0.3) is 0 Å². The molecule has 1 saturated heterocycles. The predicted octanol–water partition coefficient (Wildman–Crippen LogP) is 2.95. The van der Waals surface area contributed by atoms with Crippen molar-refractivity contribution >= 4 is 17.4 Å². The van der Waals surface area contributed by atoms with Crippen molar-refractivity contribution in [2.75, 3.05) is 29.9 Å². The summed E-state index contributed by atoms with van der Waals surface area (Å²) >= 11 is 0. The third-order valence-electron chi connectivity index (χ3n) is 3.97. The fraction of sp³-hybridized carbons (Fsp3) is 0.588. The molecular formula is C17H26FN3O2. The smallest absolute Gasteiger partial charge is 0.319 e. The van der Waals surface area contributed by atoms with Crippen molar-refractivity contribution in [1.29, 1.82) is 0 Å². The second kappa shape index (κ2) is 8.15. The molecule has 1 aliphatic rings. The summed E-state index contributed by atoms with van der Waals surface area (Å²) in [6.45, 7) is 5.99. The van der Waals surface area contributed by atoms with Crippen LogP contribution in [0.1, 0.15) is 33.1 Å². The highest BCUT2D eigenvalue weighted by molar-refractivity contribution is 5.89. The molecule has 0 aliphatic carbocycles. The Morgan fingerprint density at radius 1 is 1.30 bits per heavy atom. The van der Waals surface area contributed by atoms with E-state index in [2.05, 4.69) is 15.5 Å². The van der Waals surface area contributed by atoms with E-state index < -0.39 is 0 Å². The highest BCUT2D eigenvalue weighted by Gasteiger charge is 2.15. The molecule has 23 heavy (non-hydrogen) atoms. The lowest BCUT2D eigenvalue weighted by molar-refractivity contribution is 0.163. The van der Waals surface area contributed by atoms with Crippen molar-refractivity contribution in [3.05, 3.63) is 24.0 Å². The van der Waals surface area contributed by atoms with E-state index in [9.17, 15) is 14.3 Å². The minimum atomic E-state index is -0.388. The average Bonchev–Trinajstić information content (AvgIpc) is 2.98. The molecule has 0 aromatic heterocycles. The van der Waals surface area contributed by atoms with E-state index in [0.29, 0.717) is 18.7 Å². The molecule has 2 rings (SSSR count). The predicted molar refractivity (Wildman–Crippen MR) is 90.3 cm³/mol. The molecule has 2 amide bonds. The van der Waals surface area contributed by atoms with E-state index in [1.54, 1.807) is 13.0 Å².